The Balaban J connectivity index is 1.37. The van der Waals surface area contributed by atoms with Crippen LogP contribution in [0.15, 0.2) is 120 Å². The number of carbonyl (C=O) groups excluding carboxylic acids is 3. The van der Waals surface area contributed by atoms with Crippen molar-refractivity contribution in [3.8, 4) is 0 Å². The number of rotatable bonds is 14. The maximum absolute atomic E-state index is 13.7. The Labute approximate surface area is 263 Å². The number of nitrogens with two attached hydrogens (primary N) is 2. The molecule has 45 heavy (non-hydrogen) atoms. The van der Waals surface area contributed by atoms with E-state index in [9.17, 15) is 14.4 Å². The molecule has 4 aromatic rings. The molecule has 4 aromatic carbocycles. The van der Waals surface area contributed by atoms with Crippen LogP contribution in [0.4, 0.5) is 10.5 Å². The number of guanidine groups is 1. The second-order valence-electron chi connectivity index (χ2n) is 10.5. The van der Waals surface area contributed by atoms with E-state index >= 15 is 0 Å². The molecule has 0 bridgehead atoms. The predicted octanol–water partition coefficient (Wildman–Crippen LogP) is 4.00. The number of amides is 4. The average Bonchev–Trinajstić information content (AvgIpc) is 3.06. The lowest BCUT2D eigenvalue weighted by atomic mass is 9.90. The fourth-order valence-electron chi connectivity index (χ4n) is 4.78. The Morgan fingerprint density at radius 2 is 1.16 bits per heavy atom. The molecule has 0 aliphatic heterocycles. The fourth-order valence-corrected chi connectivity index (χ4v) is 4.78. The van der Waals surface area contributed by atoms with Crippen LogP contribution in [0.25, 0.3) is 0 Å². The largest absolute Gasteiger partial charge is 0.370 e. The van der Waals surface area contributed by atoms with Crippen LogP contribution in [-0.4, -0.2) is 36.4 Å². The van der Waals surface area contributed by atoms with Gasteiger partial charge in [-0.15, -0.1) is 0 Å². The number of urea groups is 1. The van der Waals surface area contributed by atoms with Crippen molar-refractivity contribution in [2.45, 2.75) is 37.9 Å². The zero-order valence-electron chi connectivity index (χ0n) is 25.0. The molecule has 4 amide bonds. The van der Waals surface area contributed by atoms with Gasteiger partial charge in [0, 0.05) is 25.3 Å². The van der Waals surface area contributed by atoms with E-state index in [1.807, 2.05) is 115 Å². The van der Waals surface area contributed by atoms with Gasteiger partial charge in [-0.25, -0.2) is 4.79 Å². The molecule has 0 aromatic heterocycles. The van der Waals surface area contributed by atoms with Gasteiger partial charge in [-0.1, -0.05) is 103 Å². The van der Waals surface area contributed by atoms with Gasteiger partial charge in [-0.3, -0.25) is 14.6 Å². The first-order valence-corrected chi connectivity index (χ1v) is 14.8. The summed E-state index contributed by atoms with van der Waals surface area (Å²) in [6.45, 7) is 0.947. The molecule has 0 fully saturated rings. The van der Waals surface area contributed by atoms with Crippen molar-refractivity contribution in [3.05, 3.63) is 138 Å². The third-order valence-corrected chi connectivity index (χ3v) is 7.08. The molecule has 0 radical (unpaired) electrons. The number of para-hydroxylation sites is 1. The minimum atomic E-state index is -0.798. The minimum absolute atomic E-state index is 0.0243. The zero-order chi connectivity index (χ0) is 31.9. The van der Waals surface area contributed by atoms with Gasteiger partial charge in [0.15, 0.2) is 5.96 Å². The van der Waals surface area contributed by atoms with Crippen LogP contribution in [-0.2, 0) is 22.7 Å². The van der Waals surface area contributed by atoms with Crippen molar-refractivity contribution in [2.75, 3.05) is 11.9 Å². The molecular formula is C35H39N7O3. The van der Waals surface area contributed by atoms with E-state index in [0.717, 1.165) is 22.3 Å². The Morgan fingerprint density at radius 1 is 0.644 bits per heavy atom. The van der Waals surface area contributed by atoms with Crippen molar-refractivity contribution < 1.29 is 14.4 Å². The first kappa shape index (κ1) is 32.3. The Bertz CT molecular complexity index is 1500. The number of nitrogens with zero attached hydrogens (tertiary/aromatic N) is 1. The van der Waals surface area contributed by atoms with Crippen molar-refractivity contribution in [3.63, 3.8) is 0 Å². The van der Waals surface area contributed by atoms with Crippen molar-refractivity contribution in [2.24, 2.45) is 16.5 Å². The second-order valence-corrected chi connectivity index (χ2v) is 10.5. The van der Waals surface area contributed by atoms with Crippen LogP contribution in [0.1, 0.15) is 41.0 Å². The number of carbonyl (C=O) groups is 3. The summed E-state index contributed by atoms with van der Waals surface area (Å²) < 4.78 is 0. The summed E-state index contributed by atoms with van der Waals surface area (Å²) in [6.07, 6.45) is 0.845. The summed E-state index contributed by atoms with van der Waals surface area (Å²) >= 11 is 0. The maximum Gasteiger partial charge on any atom is 0.319 e. The van der Waals surface area contributed by atoms with Gasteiger partial charge in [0.25, 0.3) is 0 Å². The molecule has 8 N–H and O–H groups in total. The highest BCUT2D eigenvalue weighted by molar-refractivity contribution is 5.92. The lowest BCUT2D eigenvalue weighted by Gasteiger charge is -2.23. The van der Waals surface area contributed by atoms with Gasteiger partial charge < -0.3 is 32.7 Å². The van der Waals surface area contributed by atoms with Crippen LogP contribution in [0.3, 0.4) is 0 Å². The molecule has 232 valence electrons. The molecule has 0 saturated carbocycles. The molecule has 10 nitrogen and oxygen atoms in total. The van der Waals surface area contributed by atoms with Gasteiger partial charge in [0.1, 0.15) is 6.04 Å². The van der Waals surface area contributed by atoms with E-state index in [1.54, 1.807) is 0 Å². The number of benzene rings is 4. The lowest BCUT2D eigenvalue weighted by Crippen LogP contribution is -2.48. The minimum Gasteiger partial charge on any atom is -0.370 e. The monoisotopic (exact) mass is 605 g/mol. The van der Waals surface area contributed by atoms with Crippen molar-refractivity contribution >= 4 is 29.5 Å². The molecule has 1 atom stereocenters. The predicted molar refractivity (Wildman–Crippen MR) is 177 cm³/mol. The van der Waals surface area contributed by atoms with Gasteiger partial charge in [-0.2, -0.15) is 0 Å². The molecule has 0 spiro atoms. The van der Waals surface area contributed by atoms with E-state index in [2.05, 4.69) is 26.3 Å². The molecule has 0 aliphatic carbocycles. The number of anilines is 1. The van der Waals surface area contributed by atoms with E-state index in [-0.39, 0.29) is 30.3 Å². The van der Waals surface area contributed by atoms with Crippen LogP contribution in [0.5, 0.6) is 0 Å². The van der Waals surface area contributed by atoms with Gasteiger partial charge in [-0.05, 0) is 47.2 Å². The normalized spacial score (nSPS) is 11.2. The molecule has 0 saturated heterocycles. The summed E-state index contributed by atoms with van der Waals surface area (Å²) in [5.74, 6) is -1.20. The quantitative estimate of drug-likeness (QED) is 0.0726. The van der Waals surface area contributed by atoms with Gasteiger partial charge >= 0.3 is 6.03 Å². The topological polar surface area (TPSA) is 164 Å². The molecule has 10 heteroatoms. The van der Waals surface area contributed by atoms with Gasteiger partial charge in [0.2, 0.25) is 11.8 Å². The first-order chi connectivity index (χ1) is 21.9. The van der Waals surface area contributed by atoms with Crippen LogP contribution >= 0.6 is 0 Å². The Hall–Kier alpha value is -5.64. The highest BCUT2D eigenvalue weighted by atomic mass is 16.2. The fraction of sp³-hybridized carbons (Fsp3) is 0.200. The lowest BCUT2D eigenvalue weighted by molar-refractivity contribution is -0.129. The number of hydrogen-bond acceptors (Lipinski definition) is 4. The standard InChI is InChI=1S/C35H39N7O3/c36-34(37)38-22-10-17-30(42-33(44)31(27-11-4-1-5-12-27)28-13-6-2-7-14-28)32(43)39-23-25-18-20-26(21-19-25)24-40-35(45)41-29-15-8-3-9-16-29/h1-9,11-16,18-21,30-31H,10,17,22-24H2,(H,39,43)(H,42,44)(H4,36,37,38)(H2,40,41,45)/t30-/m1/s1. The second kappa shape index (κ2) is 16.9. The SMILES string of the molecule is NC(N)=NCCC[C@@H](NC(=O)C(c1ccccc1)c1ccccc1)C(=O)NCc1ccc(CNC(=O)Nc2ccccc2)cc1. The van der Waals surface area contributed by atoms with Crippen molar-refractivity contribution in [1.82, 2.24) is 16.0 Å². The number of aliphatic imine (C=N–C) groups is 1. The molecule has 0 aliphatic rings. The van der Waals surface area contributed by atoms with E-state index in [0.29, 0.717) is 31.6 Å². The van der Waals surface area contributed by atoms with Crippen molar-refractivity contribution in [1.29, 1.82) is 0 Å². The smallest absolute Gasteiger partial charge is 0.319 e. The molecule has 4 rings (SSSR count). The first-order valence-electron chi connectivity index (χ1n) is 14.8. The van der Waals surface area contributed by atoms with Gasteiger partial charge in [0.05, 0.1) is 5.92 Å². The summed E-state index contributed by atoms with van der Waals surface area (Å²) in [4.78, 5) is 43.3. The summed E-state index contributed by atoms with van der Waals surface area (Å²) in [5.41, 5.74) is 15.1. The highest BCUT2D eigenvalue weighted by Gasteiger charge is 2.27. The summed E-state index contributed by atoms with van der Waals surface area (Å²) in [5, 5.41) is 11.5. The number of hydrogen-bond donors (Lipinski definition) is 6. The third-order valence-electron chi connectivity index (χ3n) is 7.08. The maximum atomic E-state index is 13.7. The van der Waals surface area contributed by atoms with Crippen LogP contribution in [0.2, 0.25) is 0 Å². The molecular weight excluding hydrogens is 566 g/mol. The van der Waals surface area contributed by atoms with E-state index < -0.39 is 12.0 Å². The zero-order valence-corrected chi connectivity index (χ0v) is 25.0. The Morgan fingerprint density at radius 3 is 1.69 bits per heavy atom. The van der Waals surface area contributed by atoms with E-state index in [4.69, 9.17) is 11.5 Å². The van der Waals surface area contributed by atoms with E-state index in [1.165, 1.54) is 0 Å². The third kappa shape index (κ3) is 10.5. The summed E-state index contributed by atoms with van der Waals surface area (Å²) in [7, 11) is 0. The van der Waals surface area contributed by atoms with Crippen LogP contribution in [0, 0.1) is 0 Å². The Kier molecular flexibility index (Phi) is 12.1. The number of nitrogens with one attached hydrogen (secondary N) is 4. The average molecular weight is 606 g/mol. The molecule has 0 unspecified atom stereocenters. The van der Waals surface area contributed by atoms with Crippen LogP contribution < -0.4 is 32.7 Å². The highest BCUT2D eigenvalue weighted by Crippen LogP contribution is 2.25. The summed E-state index contributed by atoms with van der Waals surface area (Å²) in [6, 6.07) is 34.6. The molecule has 0 heterocycles.